The first-order valence-electron chi connectivity index (χ1n) is 7.74. The molecule has 0 aromatic heterocycles. The quantitative estimate of drug-likeness (QED) is 0.770. The van der Waals surface area contributed by atoms with Gasteiger partial charge in [-0.05, 0) is 35.4 Å². The van der Waals surface area contributed by atoms with Crippen LogP contribution in [0.15, 0.2) is 24.3 Å². The normalized spacial score (nSPS) is 15.3. The van der Waals surface area contributed by atoms with Crippen molar-refractivity contribution in [2.24, 2.45) is 0 Å². The van der Waals surface area contributed by atoms with E-state index in [9.17, 15) is 0 Å². The third-order valence-electron chi connectivity index (χ3n) is 3.97. The highest BCUT2D eigenvalue weighted by Crippen LogP contribution is 2.26. The first-order chi connectivity index (χ1) is 8.90. The van der Waals surface area contributed by atoms with Crippen molar-refractivity contribution in [3.63, 3.8) is 0 Å². The maximum Gasteiger partial charge on any atom is 0.0133 e. The van der Waals surface area contributed by atoms with Crippen LogP contribution in [0.25, 0.3) is 0 Å². The molecule has 108 valence electrons. The monoisotopic (exact) mass is 261 g/mol. The summed E-state index contributed by atoms with van der Waals surface area (Å²) < 4.78 is 0. The summed E-state index contributed by atoms with van der Waals surface area (Å²) in [6.45, 7) is 14.7. The summed E-state index contributed by atoms with van der Waals surface area (Å²) in [5.74, 6) is 0.578. The largest absolute Gasteiger partial charge is 0.314 e. The van der Waals surface area contributed by atoms with Gasteiger partial charge in [0.15, 0.2) is 0 Å². The van der Waals surface area contributed by atoms with Crippen LogP contribution in [0.3, 0.4) is 0 Å². The number of likely N-dealkylation sites (N-methyl/N-ethyl adjacent to an activating group) is 1. The molecule has 0 saturated carbocycles. The number of benzene rings is 1. The zero-order valence-corrected chi connectivity index (χ0v) is 13.6. The molecule has 0 spiro atoms. The molecule has 0 amide bonds. The molecule has 0 aliphatic carbocycles. The van der Waals surface area contributed by atoms with Crippen LogP contribution >= 0.6 is 0 Å². The second-order valence-electron chi connectivity index (χ2n) is 6.61. The fourth-order valence-corrected chi connectivity index (χ4v) is 2.62. The molecule has 1 aromatic rings. The fraction of sp³-hybridized carbons (Fsp3) is 0.667. The van der Waals surface area contributed by atoms with Gasteiger partial charge in [0.25, 0.3) is 0 Å². The minimum absolute atomic E-state index is 0.242. The van der Waals surface area contributed by atoms with Gasteiger partial charge in [-0.3, -0.25) is 0 Å². The number of rotatable bonds is 6. The first kappa shape index (κ1) is 16.2. The van der Waals surface area contributed by atoms with E-state index in [0.29, 0.717) is 12.0 Å². The fourth-order valence-electron chi connectivity index (χ4n) is 2.62. The van der Waals surface area contributed by atoms with E-state index >= 15 is 0 Å². The van der Waals surface area contributed by atoms with E-state index in [1.807, 2.05) is 0 Å². The van der Waals surface area contributed by atoms with Crippen LogP contribution in [0.5, 0.6) is 0 Å². The lowest BCUT2D eigenvalue weighted by atomic mass is 9.84. The average Bonchev–Trinajstić information content (AvgIpc) is 2.37. The molecule has 2 atom stereocenters. The minimum Gasteiger partial charge on any atom is -0.314 e. The van der Waals surface area contributed by atoms with Crippen molar-refractivity contribution in [1.29, 1.82) is 0 Å². The van der Waals surface area contributed by atoms with Gasteiger partial charge in [0.2, 0.25) is 0 Å². The van der Waals surface area contributed by atoms with Crippen molar-refractivity contribution in [3.05, 3.63) is 35.4 Å². The van der Waals surface area contributed by atoms with Crippen molar-refractivity contribution in [3.8, 4) is 0 Å². The molecular formula is C18H31N. The van der Waals surface area contributed by atoms with Gasteiger partial charge >= 0.3 is 0 Å². The van der Waals surface area contributed by atoms with Gasteiger partial charge in [-0.25, -0.2) is 0 Å². The van der Waals surface area contributed by atoms with Gasteiger partial charge in [0.05, 0.1) is 0 Å². The highest BCUT2D eigenvalue weighted by atomic mass is 14.9. The molecule has 0 heterocycles. The van der Waals surface area contributed by atoms with E-state index < -0.39 is 0 Å². The Morgan fingerprint density at radius 2 is 1.63 bits per heavy atom. The van der Waals surface area contributed by atoms with Crippen molar-refractivity contribution >= 4 is 0 Å². The molecule has 0 radical (unpaired) electrons. The van der Waals surface area contributed by atoms with Crippen LogP contribution in [-0.2, 0) is 5.41 Å². The topological polar surface area (TPSA) is 12.0 Å². The molecule has 0 aliphatic heterocycles. The van der Waals surface area contributed by atoms with E-state index in [-0.39, 0.29) is 5.41 Å². The molecule has 1 rings (SSSR count). The molecule has 0 saturated heterocycles. The molecule has 1 aromatic carbocycles. The summed E-state index contributed by atoms with van der Waals surface area (Å²) in [5, 5.41) is 3.63. The Kier molecular flexibility index (Phi) is 6.06. The lowest BCUT2D eigenvalue weighted by molar-refractivity contribution is 0.429. The highest BCUT2D eigenvalue weighted by molar-refractivity contribution is 5.30. The van der Waals surface area contributed by atoms with E-state index in [1.165, 1.54) is 24.0 Å². The number of hydrogen-bond donors (Lipinski definition) is 1. The Morgan fingerprint density at radius 3 is 2.05 bits per heavy atom. The molecule has 0 aliphatic rings. The maximum absolute atomic E-state index is 3.63. The molecule has 2 unspecified atom stereocenters. The van der Waals surface area contributed by atoms with Gasteiger partial charge in [0, 0.05) is 6.04 Å². The molecule has 1 nitrogen and oxygen atoms in total. The van der Waals surface area contributed by atoms with Gasteiger partial charge in [-0.15, -0.1) is 0 Å². The minimum atomic E-state index is 0.242. The van der Waals surface area contributed by atoms with Crippen LogP contribution in [0.1, 0.15) is 71.4 Å². The van der Waals surface area contributed by atoms with Gasteiger partial charge < -0.3 is 5.32 Å². The van der Waals surface area contributed by atoms with E-state index in [0.717, 1.165) is 6.54 Å². The Balaban J connectivity index is 2.83. The summed E-state index contributed by atoms with van der Waals surface area (Å²) in [7, 11) is 0. The second-order valence-corrected chi connectivity index (χ2v) is 6.61. The number of nitrogens with one attached hydrogen (secondary N) is 1. The van der Waals surface area contributed by atoms with Crippen molar-refractivity contribution in [2.45, 2.75) is 71.8 Å². The summed E-state index contributed by atoms with van der Waals surface area (Å²) >= 11 is 0. The summed E-state index contributed by atoms with van der Waals surface area (Å²) in [5.41, 5.74) is 3.11. The predicted molar refractivity (Wildman–Crippen MR) is 85.9 cm³/mol. The molecule has 1 heteroatoms. The average molecular weight is 261 g/mol. The van der Waals surface area contributed by atoms with Crippen LogP contribution in [0.4, 0.5) is 0 Å². The molecular weight excluding hydrogens is 230 g/mol. The number of hydrogen-bond acceptors (Lipinski definition) is 1. The maximum atomic E-state index is 3.63. The van der Waals surface area contributed by atoms with Crippen LogP contribution in [0, 0.1) is 0 Å². The third kappa shape index (κ3) is 4.65. The van der Waals surface area contributed by atoms with E-state index in [1.54, 1.807) is 0 Å². The molecule has 19 heavy (non-hydrogen) atoms. The summed E-state index contributed by atoms with van der Waals surface area (Å²) in [6.07, 6.45) is 2.48. The standard InChI is InChI=1S/C18H31N/c1-7-9-17(19-8-2)14(3)15-10-12-16(13-11-15)18(4,5)6/h10-14,17,19H,7-9H2,1-6H3. The van der Waals surface area contributed by atoms with Gasteiger partial charge in [-0.2, -0.15) is 0 Å². The zero-order chi connectivity index (χ0) is 14.5. The smallest absolute Gasteiger partial charge is 0.0133 e. The van der Waals surface area contributed by atoms with Crippen molar-refractivity contribution < 1.29 is 0 Å². The predicted octanol–water partition coefficient (Wildman–Crippen LogP) is 4.87. The summed E-state index contributed by atoms with van der Waals surface area (Å²) in [4.78, 5) is 0. The van der Waals surface area contributed by atoms with Crippen LogP contribution in [-0.4, -0.2) is 12.6 Å². The van der Waals surface area contributed by atoms with Crippen molar-refractivity contribution in [2.75, 3.05) is 6.54 Å². The first-order valence-corrected chi connectivity index (χ1v) is 7.74. The van der Waals surface area contributed by atoms with E-state index in [2.05, 4.69) is 71.1 Å². The second kappa shape index (κ2) is 7.09. The molecule has 1 N–H and O–H groups in total. The van der Waals surface area contributed by atoms with Crippen LogP contribution < -0.4 is 5.32 Å². The van der Waals surface area contributed by atoms with Crippen LogP contribution in [0.2, 0.25) is 0 Å². The Bertz CT molecular complexity index is 352. The Labute approximate surface area is 119 Å². The third-order valence-corrected chi connectivity index (χ3v) is 3.97. The summed E-state index contributed by atoms with van der Waals surface area (Å²) in [6, 6.07) is 9.80. The van der Waals surface area contributed by atoms with E-state index in [4.69, 9.17) is 0 Å². The zero-order valence-electron chi connectivity index (χ0n) is 13.6. The SMILES string of the molecule is CCCC(NCC)C(C)c1ccc(C(C)(C)C)cc1. The highest BCUT2D eigenvalue weighted by Gasteiger charge is 2.18. The van der Waals surface area contributed by atoms with Gasteiger partial charge in [0.1, 0.15) is 0 Å². The Morgan fingerprint density at radius 1 is 1.05 bits per heavy atom. The molecule has 0 fully saturated rings. The van der Waals surface area contributed by atoms with Crippen molar-refractivity contribution in [1.82, 2.24) is 5.32 Å². The molecule has 0 bridgehead atoms. The van der Waals surface area contributed by atoms with Gasteiger partial charge in [-0.1, -0.05) is 72.2 Å². The lowest BCUT2D eigenvalue weighted by Gasteiger charge is -2.26. The lowest BCUT2D eigenvalue weighted by Crippen LogP contribution is -2.33. The Hall–Kier alpha value is -0.820.